The molecule has 2 heterocycles. The maximum Gasteiger partial charge on any atom is 0.265 e. The van der Waals surface area contributed by atoms with Crippen molar-refractivity contribution in [1.29, 1.82) is 0 Å². The number of fused-ring (bicyclic) bond motifs is 2. The van der Waals surface area contributed by atoms with Crippen LogP contribution in [0.15, 0.2) is 42.5 Å². The average molecular weight is 350 g/mol. The number of nitrogens with zero attached hydrogens (tertiary/aromatic N) is 2. The van der Waals surface area contributed by atoms with E-state index in [1.807, 2.05) is 48.2 Å². The lowest BCUT2D eigenvalue weighted by molar-refractivity contribution is -0.121. The second-order valence-electron chi connectivity index (χ2n) is 6.78. The fourth-order valence-corrected chi connectivity index (χ4v) is 3.84. The topological polar surface area (TPSA) is 49.9 Å². The van der Waals surface area contributed by atoms with E-state index in [4.69, 9.17) is 4.74 Å². The van der Waals surface area contributed by atoms with Gasteiger partial charge in [-0.25, -0.2) is 0 Å². The van der Waals surface area contributed by atoms with Crippen molar-refractivity contribution in [3.8, 4) is 5.75 Å². The lowest BCUT2D eigenvalue weighted by Crippen LogP contribution is -2.42. The SMILES string of the molecule is Cc1cccc2c1N(C(=O)CCN1C(=O)COc3ccccc31)CCC2. The van der Waals surface area contributed by atoms with Crippen molar-refractivity contribution in [2.75, 3.05) is 29.5 Å². The van der Waals surface area contributed by atoms with Gasteiger partial charge >= 0.3 is 0 Å². The molecule has 0 N–H and O–H groups in total. The Kier molecular flexibility index (Phi) is 4.37. The quantitative estimate of drug-likeness (QED) is 0.855. The second-order valence-corrected chi connectivity index (χ2v) is 6.78. The summed E-state index contributed by atoms with van der Waals surface area (Å²) in [7, 11) is 0. The van der Waals surface area contributed by atoms with Crippen LogP contribution in [0.5, 0.6) is 5.75 Å². The molecule has 0 radical (unpaired) electrons. The lowest BCUT2D eigenvalue weighted by Gasteiger charge is -2.33. The summed E-state index contributed by atoms with van der Waals surface area (Å²) in [4.78, 5) is 28.8. The predicted octanol–water partition coefficient (Wildman–Crippen LogP) is 3.09. The number of anilines is 2. The van der Waals surface area contributed by atoms with E-state index in [1.54, 1.807) is 4.90 Å². The van der Waals surface area contributed by atoms with Crippen LogP contribution < -0.4 is 14.5 Å². The molecule has 0 spiro atoms. The van der Waals surface area contributed by atoms with E-state index >= 15 is 0 Å². The molecule has 26 heavy (non-hydrogen) atoms. The number of carbonyl (C=O) groups is 2. The molecule has 0 atom stereocenters. The molecular formula is C21H22N2O3. The van der Waals surface area contributed by atoms with Crippen LogP contribution in [0.1, 0.15) is 24.0 Å². The van der Waals surface area contributed by atoms with Gasteiger partial charge in [-0.2, -0.15) is 0 Å². The van der Waals surface area contributed by atoms with Crippen molar-refractivity contribution >= 4 is 23.2 Å². The number of amides is 2. The van der Waals surface area contributed by atoms with Crippen molar-refractivity contribution in [3.63, 3.8) is 0 Å². The van der Waals surface area contributed by atoms with Gasteiger partial charge in [0.05, 0.1) is 5.69 Å². The highest BCUT2D eigenvalue weighted by molar-refractivity contribution is 6.00. The van der Waals surface area contributed by atoms with Gasteiger partial charge in [-0.1, -0.05) is 30.3 Å². The number of rotatable bonds is 3. The number of carbonyl (C=O) groups excluding carboxylic acids is 2. The molecule has 2 aliphatic rings. The molecule has 2 aromatic carbocycles. The van der Waals surface area contributed by atoms with Crippen LogP contribution in [0.25, 0.3) is 0 Å². The molecule has 5 heteroatoms. The fourth-order valence-electron chi connectivity index (χ4n) is 3.84. The highest BCUT2D eigenvalue weighted by Crippen LogP contribution is 2.33. The van der Waals surface area contributed by atoms with E-state index in [0.29, 0.717) is 18.7 Å². The smallest absolute Gasteiger partial charge is 0.265 e. The zero-order chi connectivity index (χ0) is 18.1. The Balaban J connectivity index is 1.52. The third kappa shape index (κ3) is 2.94. The van der Waals surface area contributed by atoms with E-state index in [2.05, 4.69) is 6.07 Å². The molecule has 134 valence electrons. The Morgan fingerprint density at radius 1 is 1.15 bits per heavy atom. The maximum atomic E-state index is 12.9. The molecule has 0 aromatic heterocycles. The van der Waals surface area contributed by atoms with Gasteiger partial charge in [0.2, 0.25) is 5.91 Å². The number of para-hydroxylation sites is 3. The molecule has 0 aliphatic carbocycles. The minimum Gasteiger partial charge on any atom is -0.482 e. The number of benzene rings is 2. The standard InChI is InChI=1S/C21H22N2O3/c1-15-6-4-7-16-8-5-12-23(21(15)16)19(24)11-13-22-17-9-2-3-10-18(17)26-14-20(22)25/h2-4,6-7,9-10H,5,8,11-14H2,1H3. The summed E-state index contributed by atoms with van der Waals surface area (Å²) in [5, 5.41) is 0. The van der Waals surface area contributed by atoms with Crippen molar-refractivity contribution in [2.24, 2.45) is 0 Å². The van der Waals surface area contributed by atoms with Gasteiger partial charge in [-0.15, -0.1) is 0 Å². The molecule has 0 saturated heterocycles. The molecule has 0 saturated carbocycles. The van der Waals surface area contributed by atoms with Crippen molar-refractivity contribution in [2.45, 2.75) is 26.2 Å². The monoisotopic (exact) mass is 350 g/mol. The van der Waals surface area contributed by atoms with E-state index in [-0.39, 0.29) is 18.4 Å². The molecule has 2 amide bonds. The summed E-state index contributed by atoms with van der Waals surface area (Å²) in [6.07, 6.45) is 2.28. The van der Waals surface area contributed by atoms with E-state index in [1.165, 1.54) is 5.56 Å². The Bertz CT molecular complexity index is 862. The van der Waals surface area contributed by atoms with Crippen LogP contribution in [0.3, 0.4) is 0 Å². The summed E-state index contributed by atoms with van der Waals surface area (Å²) < 4.78 is 5.46. The first-order valence-corrected chi connectivity index (χ1v) is 9.06. The molecule has 4 rings (SSSR count). The number of hydrogen-bond acceptors (Lipinski definition) is 3. The van der Waals surface area contributed by atoms with Crippen LogP contribution in [0.4, 0.5) is 11.4 Å². The Morgan fingerprint density at radius 2 is 2.00 bits per heavy atom. The molecule has 0 bridgehead atoms. The summed E-state index contributed by atoms with van der Waals surface area (Å²) in [5.74, 6) is 0.655. The van der Waals surface area contributed by atoms with Gasteiger partial charge in [0.25, 0.3) is 5.91 Å². The van der Waals surface area contributed by atoms with Crippen LogP contribution >= 0.6 is 0 Å². The zero-order valence-electron chi connectivity index (χ0n) is 14.9. The van der Waals surface area contributed by atoms with Gasteiger partial charge in [0.15, 0.2) is 6.61 Å². The predicted molar refractivity (Wildman–Crippen MR) is 101 cm³/mol. The fraction of sp³-hybridized carbons (Fsp3) is 0.333. The third-order valence-corrected chi connectivity index (χ3v) is 5.08. The highest BCUT2D eigenvalue weighted by atomic mass is 16.5. The van der Waals surface area contributed by atoms with Crippen LogP contribution in [-0.2, 0) is 16.0 Å². The van der Waals surface area contributed by atoms with Crippen molar-refractivity contribution in [3.05, 3.63) is 53.6 Å². The number of aryl methyl sites for hydroxylation is 2. The van der Waals surface area contributed by atoms with E-state index < -0.39 is 0 Å². The largest absolute Gasteiger partial charge is 0.482 e. The lowest BCUT2D eigenvalue weighted by atomic mass is 9.98. The molecule has 0 fully saturated rings. The van der Waals surface area contributed by atoms with Crippen LogP contribution in [0, 0.1) is 6.92 Å². The minimum atomic E-state index is -0.105. The second kappa shape index (κ2) is 6.83. The van der Waals surface area contributed by atoms with Gasteiger partial charge in [0, 0.05) is 25.2 Å². The zero-order valence-corrected chi connectivity index (χ0v) is 14.9. The summed E-state index contributed by atoms with van der Waals surface area (Å²) in [6.45, 7) is 3.18. The normalized spacial score (nSPS) is 16.0. The summed E-state index contributed by atoms with van der Waals surface area (Å²) in [6, 6.07) is 13.7. The van der Waals surface area contributed by atoms with Crippen LogP contribution in [0.2, 0.25) is 0 Å². The highest BCUT2D eigenvalue weighted by Gasteiger charge is 2.28. The Labute approximate surface area is 153 Å². The summed E-state index contributed by atoms with van der Waals surface area (Å²) in [5.41, 5.74) is 4.16. The van der Waals surface area contributed by atoms with Gasteiger partial charge in [0.1, 0.15) is 5.75 Å². The first-order chi connectivity index (χ1) is 12.6. The van der Waals surface area contributed by atoms with Crippen molar-refractivity contribution in [1.82, 2.24) is 0 Å². The van der Waals surface area contributed by atoms with Crippen molar-refractivity contribution < 1.29 is 14.3 Å². The van der Waals surface area contributed by atoms with E-state index in [0.717, 1.165) is 36.3 Å². The Morgan fingerprint density at radius 3 is 2.88 bits per heavy atom. The van der Waals surface area contributed by atoms with E-state index in [9.17, 15) is 9.59 Å². The first-order valence-electron chi connectivity index (χ1n) is 9.06. The molecular weight excluding hydrogens is 328 g/mol. The minimum absolute atomic E-state index is 0.0247. The maximum absolute atomic E-state index is 12.9. The molecule has 2 aliphatic heterocycles. The van der Waals surface area contributed by atoms with Gasteiger partial charge < -0.3 is 14.5 Å². The Hall–Kier alpha value is -2.82. The first kappa shape index (κ1) is 16.6. The third-order valence-electron chi connectivity index (χ3n) is 5.08. The average Bonchev–Trinajstić information content (AvgIpc) is 2.67. The number of ether oxygens (including phenoxy) is 1. The summed E-state index contributed by atoms with van der Waals surface area (Å²) >= 11 is 0. The molecule has 2 aromatic rings. The van der Waals surface area contributed by atoms with Gasteiger partial charge in [-0.05, 0) is 43.0 Å². The van der Waals surface area contributed by atoms with Gasteiger partial charge in [-0.3, -0.25) is 9.59 Å². The molecule has 0 unspecified atom stereocenters. The van der Waals surface area contributed by atoms with Crippen LogP contribution in [-0.4, -0.2) is 31.5 Å². The number of hydrogen-bond donors (Lipinski definition) is 0. The molecule has 5 nitrogen and oxygen atoms in total.